The van der Waals surface area contributed by atoms with Gasteiger partial charge in [-0.15, -0.1) is 0 Å². The van der Waals surface area contributed by atoms with Gasteiger partial charge in [0.2, 0.25) is 11.8 Å². The van der Waals surface area contributed by atoms with Gasteiger partial charge >= 0.3 is 6.18 Å². The number of alkyl halides is 3. The van der Waals surface area contributed by atoms with Crippen LogP contribution in [0.1, 0.15) is 41.4 Å². The molecule has 0 aliphatic carbocycles. The molecule has 0 saturated heterocycles. The van der Waals surface area contributed by atoms with E-state index in [0.29, 0.717) is 16.8 Å². The molecule has 37 heavy (non-hydrogen) atoms. The Morgan fingerprint density at radius 1 is 1.11 bits per heavy atom. The van der Waals surface area contributed by atoms with Gasteiger partial charge in [-0.05, 0) is 25.5 Å². The van der Waals surface area contributed by atoms with Gasteiger partial charge in [-0.3, -0.25) is 14.9 Å². The predicted octanol–water partition coefficient (Wildman–Crippen LogP) is 4.67. The van der Waals surface area contributed by atoms with Crippen LogP contribution in [0.2, 0.25) is 0 Å². The van der Waals surface area contributed by atoms with Gasteiger partial charge in [0.15, 0.2) is 0 Å². The third kappa shape index (κ3) is 5.32. The highest BCUT2D eigenvalue weighted by atomic mass is 19.4. The Hall–Kier alpha value is -4.61. The quantitative estimate of drug-likeness (QED) is 0.329. The summed E-state index contributed by atoms with van der Waals surface area (Å²) in [5.74, 6) is -1.09. The van der Waals surface area contributed by atoms with E-state index in [4.69, 9.17) is 16.0 Å². The second-order valence-electron chi connectivity index (χ2n) is 8.55. The number of benzene rings is 2. The van der Waals surface area contributed by atoms with Crippen molar-refractivity contribution in [3.8, 4) is 22.5 Å². The number of nitrogens with two attached hydrogens (primary N) is 2. The lowest BCUT2D eigenvalue weighted by atomic mass is 10.0. The molecule has 192 valence electrons. The van der Waals surface area contributed by atoms with E-state index >= 15 is 0 Å². The number of nitrogens with one attached hydrogen (secondary N) is 1. The van der Waals surface area contributed by atoms with E-state index in [2.05, 4.69) is 15.6 Å². The normalized spacial score (nSPS) is 11.6. The number of amides is 2. The molecule has 2 amide bonds. The molecule has 4 aromatic rings. The van der Waals surface area contributed by atoms with Crippen molar-refractivity contribution in [3.05, 3.63) is 71.3 Å². The summed E-state index contributed by atoms with van der Waals surface area (Å²) < 4.78 is 46.4. The second-order valence-corrected chi connectivity index (χ2v) is 8.55. The fraction of sp³-hybridized carbons (Fsp3) is 0.200. The summed E-state index contributed by atoms with van der Waals surface area (Å²) >= 11 is 0. The Kier molecular flexibility index (Phi) is 6.75. The van der Waals surface area contributed by atoms with E-state index in [1.54, 1.807) is 24.3 Å². The van der Waals surface area contributed by atoms with Crippen LogP contribution in [0.4, 0.5) is 24.9 Å². The summed E-state index contributed by atoms with van der Waals surface area (Å²) in [6.07, 6.45) is -4.62. The van der Waals surface area contributed by atoms with Gasteiger partial charge in [0.1, 0.15) is 22.8 Å². The van der Waals surface area contributed by atoms with Crippen LogP contribution in [0.15, 0.2) is 59.1 Å². The molecule has 0 saturated carbocycles. The average Bonchev–Trinajstić information content (AvgIpc) is 3.43. The van der Waals surface area contributed by atoms with Crippen molar-refractivity contribution >= 4 is 23.5 Å². The lowest BCUT2D eigenvalue weighted by Crippen LogP contribution is -2.15. The zero-order chi connectivity index (χ0) is 26.9. The van der Waals surface area contributed by atoms with Gasteiger partial charge in [-0.25, -0.2) is 4.68 Å². The monoisotopic (exact) mass is 512 g/mol. The number of aromatic nitrogens is 3. The largest absolute Gasteiger partial charge is 0.417 e. The minimum Gasteiger partial charge on any atom is -0.383 e. The van der Waals surface area contributed by atoms with Crippen LogP contribution in [0.3, 0.4) is 0 Å². The number of anilines is 2. The van der Waals surface area contributed by atoms with Gasteiger partial charge in [-0.1, -0.05) is 47.6 Å². The number of primary amides is 1. The van der Waals surface area contributed by atoms with Crippen LogP contribution in [-0.2, 0) is 17.4 Å². The highest BCUT2D eigenvalue weighted by molar-refractivity contribution is 6.03. The first-order valence-corrected chi connectivity index (χ1v) is 11.2. The first kappa shape index (κ1) is 25.5. The zero-order valence-electron chi connectivity index (χ0n) is 19.8. The molecule has 0 spiro atoms. The topological polar surface area (TPSA) is 142 Å². The highest BCUT2D eigenvalue weighted by Crippen LogP contribution is 2.37. The van der Waals surface area contributed by atoms with Crippen molar-refractivity contribution in [3.63, 3.8) is 0 Å². The molecule has 0 fully saturated rings. The number of nitrogen functional groups attached to an aromatic ring is 1. The number of rotatable bonds is 7. The summed E-state index contributed by atoms with van der Waals surface area (Å²) in [6, 6.07) is 12.8. The molecule has 0 atom stereocenters. The fourth-order valence-corrected chi connectivity index (χ4v) is 3.85. The van der Waals surface area contributed by atoms with E-state index in [-0.39, 0.29) is 41.0 Å². The maximum absolute atomic E-state index is 13.3. The molecule has 0 aliphatic heterocycles. The molecular formula is C25H23F3N6O3. The summed E-state index contributed by atoms with van der Waals surface area (Å²) in [4.78, 5) is 24.5. The number of carbonyl (C=O) groups is 2. The van der Waals surface area contributed by atoms with Crippen molar-refractivity contribution in [2.45, 2.75) is 32.5 Å². The maximum atomic E-state index is 13.3. The Morgan fingerprint density at radius 2 is 1.78 bits per heavy atom. The van der Waals surface area contributed by atoms with Crippen molar-refractivity contribution in [1.82, 2.24) is 14.9 Å². The molecule has 0 radical (unpaired) electrons. The van der Waals surface area contributed by atoms with Gasteiger partial charge in [0, 0.05) is 23.2 Å². The predicted molar refractivity (Wildman–Crippen MR) is 130 cm³/mol. The van der Waals surface area contributed by atoms with E-state index < -0.39 is 23.6 Å². The average molecular weight is 512 g/mol. The summed E-state index contributed by atoms with van der Waals surface area (Å²) in [5, 5.41) is 10.6. The molecule has 4 rings (SSSR count). The molecule has 5 N–H and O–H groups in total. The minimum atomic E-state index is -4.57. The third-order valence-corrected chi connectivity index (χ3v) is 5.56. The van der Waals surface area contributed by atoms with Gasteiger partial charge in [0.25, 0.3) is 5.91 Å². The van der Waals surface area contributed by atoms with Crippen molar-refractivity contribution in [1.29, 1.82) is 0 Å². The van der Waals surface area contributed by atoms with Gasteiger partial charge < -0.3 is 16.0 Å². The van der Waals surface area contributed by atoms with Crippen LogP contribution in [0, 0.1) is 0 Å². The van der Waals surface area contributed by atoms with Crippen LogP contribution >= 0.6 is 0 Å². The first-order valence-electron chi connectivity index (χ1n) is 11.2. The third-order valence-electron chi connectivity index (χ3n) is 5.56. The number of hydrogen-bond acceptors (Lipinski definition) is 6. The van der Waals surface area contributed by atoms with Gasteiger partial charge in [-0.2, -0.15) is 18.3 Å². The van der Waals surface area contributed by atoms with Crippen LogP contribution < -0.4 is 16.8 Å². The lowest BCUT2D eigenvalue weighted by Gasteiger charge is -2.10. The Labute approximate surface area is 209 Å². The van der Waals surface area contributed by atoms with Crippen LogP contribution in [0.5, 0.6) is 0 Å². The smallest absolute Gasteiger partial charge is 0.383 e. The Bertz CT molecular complexity index is 1460. The summed E-state index contributed by atoms with van der Waals surface area (Å²) in [5.41, 5.74) is 12.2. The molecule has 0 aliphatic rings. The fourth-order valence-electron chi connectivity index (χ4n) is 3.85. The molecule has 2 aromatic heterocycles. The van der Waals surface area contributed by atoms with Gasteiger partial charge in [0.05, 0.1) is 12.0 Å². The minimum absolute atomic E-state index is 0.0549. The molecule has 12 heteroatoms. The molecule has 2 heterocycles. The van der Waals surface area contributed by atoms with Crippen molar-refractivity contribution in [2.24, 2.45) is 5.73 Å². The first-order chi connectivity index (χ1) is 17.5. The molecule has 0 bridgehead atoms. The van der Waals surface area contributed by atoms with Crippen LogP contribution in [-0.4, -0.2) is 26.8 Å². The van der Waals surface area contributed by atoms with Crippen molar-refractivity contribution in [2.75, 3.05) is 11.1 Å². The molecule has 2 aromatic carbocycles. The number of nitrogens with zero attached hydrogens (tertiary/aromatic N) is 3. The standard InChI is InChI=1S/C25H23F3N6O3/c1-13(2)34-23(29)21(24(30)36)22(32-34)15-9-7-14(8-10-15)11-19(35)31-20-12-18(33-37-20)16-5-3-4-6-17(16)25(26,27)28/h3-10,12-13H,11,29H2,1-2H3,(H2,30,36)(H,31,35). The van der Waals surface area contributed by atoms with Crippen molar-refractivity contribution < 1.29 is 27.3 Å². The molecule has 0 unspecified atom stereocenters. The molecular weight excluding hydrogens is 489 g/mol. The van der Waals surface area contributed by atoms with E-state index in [1.165, 1.54) is 28.9 Å². The SMILES string of the molecule is CC(C)n1nc(-c2ccc(CC(=O)Nc3cc(-c4ccccc4C(F)(F)F)no3)cc2)c(C(N)=O)c1N. The number of hydrogen-bond donors (Lipinski definition) is 3. The number of carbonyl (C=O) groups excluding carboxylic acids is 2. The second kappa shape index (κ2) is 9.80. The number of halogens is 3. The lowest BCUT2D eigenvalue weighted by molar-refractivity contribution is -0.137. The Balaban J connectivity index is 1.48. The zero-order valence-corrected chi connectivity index (χ0v) is 19.8. The summed E-state index contributed by atoms with van der Waals surface area (Å²) in [7, 11) is 0. The van der Waals surface area contributed by atoms with E-state index in [0.717, 1.165) is 6.07 Å². The van der Waals surface area contributed by atoms with E-state index in [9.17, 15) is 22.8 Å². The highest BCUT2D eigenvalue weighted by Gasteiger charge is 2.34. The van der Waals surface area contributed by atoms with Crippen LogP contribution in [0.25, 0.3) is 22.5 Å². The Morgan fingerprint density at radius 3 is 2.41 bits per heavy atom. The molecule has 9 nitrogen and oxygen atoms in total. The maximum Gasteiger partial charge on any atom is 0.417 e. The van der Waals surface area contributed by atoms with E-state index in [1.807, 2.05) is 13.8 Å². The summed E-state index contributed by atoms with van der Waals surface area (Å²) in [6.45, 7) is 3.73.